The van der Waals surface area contributed by atoms with Gasteiger partial charge in [0.15, 0.2) is 0 Å². The number of benzene rings is 1. The molecule has 0 atom stereocenters. The highest BCUT2D eigenvalue weighted by atomic mass is 35.5. The minimum Gasteiger partial charge on any atom is -0.271 e. The molecule has 0 amide bonds. The van der Waals surface area contributed by atoms with Crippen LogP contribution in [-0.4, -0.2) is 23.5 Å². The summed E-state index contributed by atoms with van der Waals surface area (Å²) < 4.78 is 0. The van der Waals surface area contributed by atoms with E-state index in [1.807, 2.05) is 0 Å². The van der Waals surface area contributed by atoms with Crippen LogP contribution in [0.25, 0.3) is 0 Å². The quantitative estimate of drug-likeness (QED) is 0.529. The second-order valence-corrected chi connectivity index (χ2v) is 4.33. The highest BCUT2D eigenvalue weighted by Crippen LogP contribution is 2.15. The first kappa shape index (κ1) is 16.1. The van der Waals surface area contributed by atoms with E-state index >= 15 is 0 Å². The molecule has 0 radical (unpaired) electrons. The minimum atomic E-state index is -0.412. The predicted molar refractivity (Wildman–Crippen MR) is 81.8 cm³/mol. The van der Waals surface area contributed by atoms with Crippen molar-refractivity contribution in [1.29, 1.82) is 0 Å². The molecular weight excluding hydrogens is 280 g/mol. The molecule has 1 aliphatic rings. The van der Waals surface area contributed by atoms with E-state index in [-0.39, 0.29) is 18.1 Å². The largest absolute Gasteiger partial charge is 0.278 e. The number of nitrogens with zero attached hydrogens (tertiary/aromatic N) is 3. The number of nitro benzene ring substituents is 1. The number of hydrazone groups is 1. The summed E-state index contributed by atoms with van der Waals surface area (Å²) in [5.41, 5.74) is 3.41. The lowest BCUT2D eigenvalue weighted by Gasteiger charge is -2.02. The van der Waals surface area contributed by atoms with Crippen LogP contribution in [0.4, 0.5) is 5.69 Å². The molecule has 1 aliphatic heterocycles. The fourth-order valence-electron chi connectivity index (χ4n) is 1.90. The molecule has 0 bridgehead atoms. The fourth-order valence-corrected chi connectivity index (χ4v) is 1.90. The summed E-state index contributed by atoms with van der Waals surface area (Å²) in [5.74, 6) is 0.854. The summed E-state index contributed by atoms with van der Waals surface area (Å²) in [5, 5.41) is 14.9. The number of nitrogens with one attached hydrogen (secondary N) is 1. The molecule has 1 heterocycles. The van der Waals surface area contributed by atoms with Crippen LogP contribution in [0.2, 0.25) is 0 Å². The van der Waals surface area contributed by atoms with E-state index in [1.165, 1.54) is 18.7 Å². The second-order valence-electron chi connectivity index (χ2n) is 4.33. The number of nitro groups is 1. The Kier molecular flexibility index (Phi) is 6.66. The van der Waals surface area contributed by atoms with Gasteiger partial charge in [-0.05, 0) is 18.9 Å². The Morgan fingerprint density at radius 3 is 2.90 bits per heavy atom. The van der Waals surface area contributed by atoms with Crippen molar-refractivity contribution in [1.82, 2.24) is 5.43 Å². The topological polar surface area (TPSA) is 79.9 Å². The SMILES string of the molecule is Cl.O=[N+]([O-])c1ccccc1C=NNC1=NCCCCC1. The number of halogens is 1. The maximum atomic E-state index is 10.8. The van der Waals surface area contributed by atoms with Gasteiger partial charge in [-0.1, -0.05) is 18.6 Å². The van der Waals surface area contributed by atoms with E-state index in [1.54, 1.807) is 18.2 Å². The third kappa shape index (κ3) is 4.62. The minimum absolute atomic E-state index is 0. The third-order valence-electron chi connectivity index (χ3n) is 2.91. The molecule has 6 nitrogen and oxygen atoms in total. The number of hydrogen-bond acceptors (Lipinski definition) is 5. The molecule has 2 rings (SSSR count). The van der Waals surface area contributed by atoms with Gasteiger partial charge in [-0.15, -0.1) is 12.4 Å². The zero-order valence-corrected chi connectivity index (χ0v) is 11.8. The van der Waals surface area contributed by atoms with Gasteiger partial charge in [0.25, 0.3) is 5.69 Å². The van der Waals surface area contributed by atoms with Crippen LogP contribution in [0, 0.1) is 10.1 Å². The number of amidine groups is 1. The smallest absolute Gasteiger partial charge is 0.271 e. The normalized spacial score (nSPS) is 15.1. The highest BCUT2D eigenvalue weighted by molar-refractivity contribution is 5.87. The summed E-state index contributed by atoms with van der Waals surface area (Å²) in [6, 6.07) is 6.51. The Morgan fingerprint density at radius 2 is 2.10 bits per heavy atom. The van der Waals surface area contributed by atoms with Crippen LogP contribution >= 0.6 is 12.4 Å². The fraction of sp³-hybridized carbons (Fsp3) is 0.385. The molecular formula is C13H17ClN4O2. The maximum Gasteiger partial charge on any atom is 0.278 e. The molecule has 1 N–H and O–H groups in total. The molecule has 0 fully saturated rings. The summed E-state index contributed by atoms with van der Waals surface area (Å²) in [4.78, 5) is 14.8. The van der Waals surface area contributed by atoms with Crippen molar-refractivity contribution in [3.05, 3.63) is 39.9 Å². The zero-order chi connectivity index (χ0) is 13.5. The van der Waals surface area contributed by atoms with Crippen LogP contribution in [0.5, 0.6) is 0 Å². The Balaban J connectivity index is 0.00000200. The Hall–Kier alpha value is -1.95. The maximum absolute atomic E-state index is 10.8. The van der Waals surface area contributed by atoms with Gasteiger partial charge in [-0.3, -0.25) is 20.5 Å². The van der Waals surface area contributed by atoms with Gasteiger partial charge in [0, 0.05) is 19.0 Å². The van der Waals surface area contributed by atoms with Crippen LogP contribution in [0.1, 0.15) is 31.2 Å². The summed E-state index contributed by atoms with van der Waals surface area (Å²) in [6.45, 7) is 0.823. The van der Waals surface area contributed by atoms with E-state index in [4.69, 9.17) is 0 Å². The van der Waals surface area contributed by atoms with E-state index < -0.39 is 4.92 Å². The molecule has 0 aromatic heterocycles. The Labute approximate surface area is 123 Å². The monoisotopic (exact) mass is 296 g/mol. The van der Waals surface area contributed by atoms with Crippen molar-refractivity contribution >= 4 is 30.1 Å². The van der Waals surface area contributed by atoms with Crippen molar-refractivity contribution in [2.45, 2.75) is 25.7 Å². The van der Waals surface area contributed by atoms with E-state index in [0.717, 1.165) is 31.6 Å². The molecule has 7 heteroatoms. The first-order valence-electron chi connectivity index (χ1n) is 6.33. The molecule has 0 aliphatic carbocycles. The molecule has 0 unspecified atom stereocenters. The number of hydrogen-bond donors (Lipinski definition) is 1. The number of aliphatic imine (C=N–C) groups is 1. The van der Waals surface area contributed by atoms with Crippen molar-refractivity contribution in [2.75, 3.05) is 6.54 Å². The van der Waals surface area contributed by atoms with Gasteiger partial charge in [-0.2, -0.15) is 5.10 Å². The molecule has 1 aromatic rings. The van der Waals surface area contributed by atoms with Crippen molar-refractivity contribution in [3.63, 3.8) is 0 Å². The second kappa shape index (κ2) is 8.27. The van der Waals surface area contributed by atoms with Gasteiger partial charge < -0.3 is 0 Å². The van der Waals surface area contributed by atoms with E-state index in [2.05, 4.69) is 15.5 Å². The lowest BCUT2D eigenvalue weighted by Crippen LogP contribution is -2.17. The molecule has 108 valence electrons. The van der Waals surface area contributed by atoms with Crippen molar-refractivity contribution in [3.8, 4) is 0 Å². The number of para-hydroxylation sites is 1. The summed E-state index contributed by atoms with van der Waals surface area (Å²) in [7, 11) is 0. The average molecular weight is 297 g/mol. The standard InChI is InChI=1S/C13H16N4O2.ClH/c18-17(19)12-7-4-3-6-11(12)10-15-16-13-8-2-1-5-9-14-13;/h3-4,6-7,10H,1-2,5,8-9H2,(H,14,16);1H. The van der Waals surface area contributed by atoms with Gasteiger partial charge in [0.2, 0.25) is 0 Å². The zero-order valence-electron chi connectivity index (χ0n) is 11.0. The van der Waals surface area contributed by atoms with E-state index in [0.29, 0.717) is 5.56 Å². The van der Waals surface area contributed by atoms with Crippen LogP contribution in [0.3, 0.4) is 0 Å². The molecule has 0 saturated heterocycles. The molecule has 20 heavy (non-hydrogen) atoms. The highest BCUT2D eigenvalue weighted by Gasteiger charge is 2.10. The van der Waals surface area contributed by atoms with E-state index in [9.17, 15) is 10.1 Å². The Bertz CT molecular complexity index is 517. The number of rotatable bonds is 3. The van der Waals surface area contributed by atoms with Gasteiger partial charge in [0.05, 0.1) is 16.7 Å². The van der Waals surface area contributed by atoms with Crippen molar-refractivity contribution in [2.24, 2.45) is 10.1 Å². The Morgan fingerprint density at radius 1 is 1.30 bits per heavy atom. The molecule has 0 spiro atoms. The first-order chi connectivity index (χ1) is 9.27. The van der Waals surface area contributed by atoms with Gasteiger partial charge >= 0.3 is 0 Å². The van der Waals surface area contributed by atoms with Gasteiger partial charge in [0.1, 0.15) is 5.84 Å². The third-order valence-corrected chi connectivity index (χ3v) is 2.91. The van der Waals surface area contributed by atoms with Crippen LogP contribution < -0.4 is 5.43 Å². The van der Waals surface area contributed by atoms with Gasteiger partial charge in [-0.25, -0.2) is 0 Å². The summed E-state index contributed by atoms with van der Waals surface area (Å²) in [6.07, 6.45) is 5.74. The first-order valence-corrected chi connectivity index (χ1v) is 6.33. The van der Waals surface area contributed by atoms with Crippen LogP contribution in [0.15, 0.2) is 34.4 Å². The molecule has 0 saturated carbocycles. The summed E-state index contributed by atoms with van der Waals surface area (Å²) >= 11 is 0. The average Bonchev–Trinajstić information content (AvgIpc) is 2.68. The van der Waals surface area contributed by atoms with Crippen molar-refractivity contribution < 1.29 is 4.92 Å². The predicted octanol–water partition coefficient (Wildman–Crippen LogP) is 2.91. The lowest BCUT2D eigenvalue weighted by molar-refractivity contribution is -0.385. The molecule has 1 aromatic carbocycles. The van der Waals surface area contributed by atoms with Crippen LogP contribution in [-0.2, 0) is 0 Å². The lowest BCUT2D eigenvalue weighted by atomic mass is 10.2.